The third kappa shape index (κ3) is 4.19. The Bertz CT molecular complexity index is 1100. The van der Waals surface area contributed by atoms with Gasteiger partial charge in [-0.05, 0) is 68.9 Å². The number of ether oxygens (including phenoxy) is 1. The summed E-state index contributed by atoms with van der Waals surface area (Å²) in [5, 5.41) is 3.53. The molecular weight excluding hydrogens is 386 g/mol. The number of aromatic nitrogens is 2. The van der Waals surface area contributed by atoms with Gasteiger partial charge in [0.15, 0.2) is 0 Å². The lowest BCUT2D eigenvalue weighted by atomic mass is 9.89. The summed E-state index contributed by atoms with van der Waals surface area (Å²) < 4.78 is 7.01. The van der Waals surface area contributed by atoms with Crippen LogP contribution >= 0.6 is 11.3 Å². The van der Waals surface area contributed by atoms with Crippen LogP contribution in [-0.4, -0.2) is 21.6 Å². The maximum Gasteiger partial charge on any atom is 0.262 e. The lowest BCUT2D eigenvalue weighted by Crippen LogP contribution is -2.28. The second-order valence-electron chi connectivity index (χ2n) is 7.95. The van der Waals surface area contributed by atoms with Crippen LogP contribution in [0.15, 0.2) is 35.4 Å². The molecule has 0 saturated heterocycles. The molecule has 1 N–H and O–H groups in total. The standard InChI is InChI=1S/C22H25N3O3S/c1-13(2)28-16-7-5-15(6-8-16)24-19(26)11-25-12-23-21-20(22(25)27)17-9-4-14(3)10-18(17)29-21/h5-8,12-14H,4,9-11H2,1-3H3,(H,24,26)/t14-/m1/s1. The van der Waals surface area contributed by atoms with E-state index < -0.39 is 0 Å². The Labute approximate surface area is 173 Å². The molecular formula is C22H25N3O3S. The van der Waals surface area contributed by atoms with Crippen molar-refractivity contribution in [1.29, 1.82) is 0 Å². The number of nitrogens with one attached hydrogen (secondary N) is 1. The van der Waals surface area contributed by atoms with Gasteiger partial charge in [0, 0.05) is 10.6 Å². The van der Waals surface area contributed by atoms with Gasteiger partial charge in [0.2, 0.25) is 5.91 Å². The zero-order valence-electron chi connectivity index (χ0n) is 16.9. The van der Waals surface area contributed by atoms with E-state index in [9.17, 15) is 9.59 Å². The van der Waals surface area contributed by atoms with Gasteiger partial charge in [-0.25, -0.2) is 4.98 Å². The fourth-order valence-corrected chi connectivity index (χ4v) is 5.06. The van der Waals surface area contributed by atoms with Crippen molar-refractivity contribution < 1.29 is 9.53 Å². The lowest BCUT2D eigenvalue weighted by molar-refractivity contribution is -0.116. The van der Waals surface area contributed by atoms with E-state index in [1.165, 1.54) is 15.8 Å². The first-order valence-corrected chi connectivity index (χ1v) is 10.8. The van der Waals surface area contributed by atoms with Gasteiger partial charge < -0.3 is 10.1 Å². The highest BCUT2D eigenvalue weighted by Gasteiger charge is 2.23. The largest absolute Gasteiger partial charge is 0.491 e. The minimum Gasteiger partial charge on any atom is -0.491 e. The molecule has 0 aliphatic heterocycles. The van der Waals surface area contributed by atoms with Crippen molar-refractivity contribution in [2.24, 2.45) is 5.92 Å². The van der Waals surface area contributed by atoms with Crippen LogP contribution in [0.2, 0.25) is 0 Å². The SMILES string of the molecule is CC(C)Oc1ccc(NC(=O)Cn2cnc3sc4c(c3c2=O)CC[C@@H](C)C4)cc1. The monoisotopic (exact) mass is 411 g/mol. The molecule has 3 aromatic rings. The number of nitrogens with zero attached hydrogens (tertiary/aromatic N) is 2. The van der Waals surface area contributed by atoms with Crippen molar-refractivity contribution in [2.45, 2.75) is 52.7 Å². The molecule has 0 spiro atoms. The van der Waals surface area contributed by atoms with Crippen molar-refractivity contribution in [1.82, 2.24) is 9.55 Å². The normalized spacial score (nSPS) is 16.1. The molecule has 0 radical (unpaired) electrons. The zero-order valence-corrected chi connectivity index (χ0v) is 17.7. The molecule has 0 fully saturated rings. The second-order valence-corrected chi connectivity index (χ2v) is 9.03. The summed E-state index contributed by atoms with van der Waals surface area (Å²) >= 11 is 1.62. The fraction of sp³-hybridized carbons (Fsp3) is 0.409. The molecule has 1 aliphatic carbocycles. The molecule has 0 saturated carbocycles. The first kappa shape index (κ1) is 19.6. The van der Waals surface area contributed by atoms with E-state index in [4.69, 9.17) is 4.74 Å². The number of benzene rings is 1. The summed E-state index contributed by atoms with van der Waals surface area (Å²) in [6.45, 7) is 6.10. The molecule has 1 aliphatic rings. The zero-order chi connectivity index (χ0) is 20.5. The topological polar surface area (TPSA) is 73.2 Å². The van der Waals surface area contributed by atoms with Gasteiger partial charge >= 0.3 is 0 Å². The molecule has 0 unspecified atom stereocenters. The molecule has 2 aromatic heterocycles. The molecule has 2 heterocycles. The van der Waals surface area contributed by atoms with Crippen LogP contribution in [0, 0.1) is 5.92 Å². The second kappa shape index (κ2) is 7.99. The van der Waals surface area contributed by atoms with E-state index in [1.54, 1.807) is 23.5 Å². The Kier molecular flexibility index (Phi) is 5.41. The summed E-state index contributed by atoms with van der Waals surface area (Å²) in [6.07, 6.45) is 4.58. The van der Waals surface area contributed by atoms with E-state index in [-0.39, 0.29) is 24.1 Å². The van der Waals surface area contributed by atoms with Crippen LogP contribution in [0.3, 0.4) is 0 Å². The summed E-state index contributed by atoms with van der Waals surface area (Å²) in [6, 6.07) is 7.20. The maximum atomic E-state index is 13.0. The van der Waals surface area contributed by atoms with E-state index in [0.717, 1.165) is 35.4 Å². The van der Waals surface area contributed by atoms with Crippen LogP contribution in [0.25, 0.3) is 10.2 Å². The van der Waals surface area contributed by atoms with Gasteiger partial charge in [0.25, 0.3) is 5.56 Å². The quantitative estimate of drug-likeness (QED) is 0.688. The summed E-state index contributed by atoms with van der Waals surface area (Å²) in [5.74, 6) is 1.13. The van der Waals surface area contributed by atoms with Crippen LogP contribution in [0.1, 0.15) is 37.6 Å². The Morgan fingerprint density at radius 1 is 1.34 bits per heavy atom. The van der Waals surface area contributed by atoms with Gasteiger partial charge in [-0.3, -0.25) is 14.2 Å². The summed E-state index contributed by atoms with van der Waals surface area (Å²) in [5.41, 5.74) is 1.67. The van der Waals surface area contributed by atoms with Gasteiger partial charge in [-0.15, -0.1) is 11.3 Å². The molecule has 29 heavy (non-hydrogen) atoms. The number of aryl methyl sites for hydroxylation is 1. The highest BCUT2D eigenvalue weighted by atomic mass is 32.1. The number of amides is 1. The minimum absolute atomic E-state index is 0.0625. The van der Waals surface area contributed by atoms with Crippen LogP contribution in [0.4, 0.5) is 5.69 Å². The van der Waals surface area contributed by atoms with E-state index in [0.29, 0.717) is 17.0 Å². The van der Waals surface area contributed by atoms with Crippen molar-refractivity contribution in [3.63, 3.8) is 0 Å². The van der Waals surface area contributed by atoms with Crippen LogP contribution < -0.4 is 15.6 Å². The predicted octanol–water partition coefficient (Wildman–Crippen LogP) is 4.01. The number of hydrogen-bond donors (Lipinski definition) is 1. The Morgan fingerprint density at radius 2 is 2.10 bits per heavy atom. The number of rotatable bonds is 5. The first-order valence-electron chi connectivity index (χ1n) is 9.97. The number of carbonyl (C=O) groups is 1. The van der Waals surface area contributed by atoms with Crippen molar-refractivity contribution in [3.8, 4) is 5.75 Å². The molecule has 1 atom stereocenters. The van der Waals surface area contributed by atoms with Crippen molar-refractivity contribution in [3.05, 3.63) is 51.4 Å². The van der Waals surface area contributed by atoms with Gasteiger partial charge in [0.1, 0.15) is 17.1 Å². The average molecular weight is 412 g/mol. The Hall–Kier alpha value is -2.67. The van der Waals surface area contributed by atoms with Crippen molar-refractivity contribution >= 4 is 33.1 Å². The average Bonchev–Trinajstić information content (AvgIpc) is 3.03. The third-order valence-electron chi connectivity index (χ3n) is 5.11. The summed E-state index contributed by atoms with van der Waals surface area (Å²) in [7, 11) is 0. The molecule has 7 heteroatoms. The van der Waals surface area contributed by atoms with E-state index in [1.807, 2.05) is 26.0 Å². The highest BCUT2D eigenvalue weighted by Crippen LogP contribution is 2.35. The van der Waals surface area contributed by atoms with Gasteiger partial charge in [-0.1, -0.05) is 6.92 Å². The first-order chi connectivity index (χ1) is 13.9. The third-order valence-corrected chi connectivity index (χ3v) is 6.27. The predicted molar refractivity (Wildman–Crippen MR) is 116 cm³/mol. The van der Waals surface area contributed by atoms with Gasteiger partial charge in [-0.2, -0.15) is 0 Å². The number of anilines is 1. The molecule has 1 aromatic carbocycles. The molecule has 152 valence electrons. The minimum atomic E-state index is -0.261. The maximum absolute atomic E-state index is 13.0. The number of fused-ring (bicyclic) bond motifs is 3. The summed E-state index contributed by atoms with van der Waals surface area (Å²) in [4.78, 5) is 32.0. The van der Waals surface area contributed by atoms with Crippen molar-refractivity contribution in [2.75, 3.05) is 5.32 Å². The smallest absolute Gasteiger partial charge is 0.262 e. The van der Waals surface area contributed by atoms with Gasteiger partial charge in [0.05, 0.1) is 17.8 Å². The number of hydrogen-bond acceptors (Lipinski definition) is 5. The molecule has 4 rings (SSSR count). The van der Waals surface area contributed by atoms with E-state index >= 15 is 0 Å². The van der Waals surface area contributed by atoms with Crippen LogP contribution in [-0.2, 0) is 24.2 Å². The Morgan fingerprint density at radius 3 is 2.83 bits per heavy atom. The number of carbonyl (C=O) groups excluding carboxylic acids is 1. The fourth-order valence-electron chi connectivity index (χ4n) is 3.72. The highest BCUT2D eigenvalue weighted by molar-refractivity contribution is 7.18. The Balaban J connectivity index is 1.51. The van der Waals surface area contributed by atoms with E-state index in [2.05, 4.69) is 17.2 Å². The van der Waals surface area contributed by atoms with Crippen LogP contribution in [0.5, 0.6) is 5.75 Å². The molecule has 1 amide bonds. The number of thiophene rings is 1. The lowest BCUT2D eigenvalue weighted by Gasteiger charge is -2.17. The molecule has 6 nitrogen and oxygen atoms in total. The molecule has 0 bridgehead atoms.